The molecule has 0 spiro atoms. The van der Waals surface area contributed by atoms with Crippen LogP contribution in [0.25, 0.3) is 0 Å². The van der Waals surface area contributed by atoms with Gasteiger partial charge in [0, 0.05) is 0 Å². The molecule has 0 N–H and O–H groups in total. The zero-order chi connectivity index (χ0) is 15.2. The van der Waals surface area contributed by atoms with Crippen molar-refractivity contribution in [3.8, 4) is 0 Å². The van der Waals surface area contributed by atoms with Crippen molar-refractivity contribution in [1.29, 1.82) is 0 Å². The number of Topliss-reactive ketones (excluding diaryl/α,β-unsaturated/α-hetero) is 1. The zero-order valence-corrected chi connectivity index (χ0v) is 14.9. The molecule has 2 aliphatic carbocycles. The number of allylic oxidation sites excluding steroid dienone is 8. The largest absolute Gasteiger partial charge is 2.00 e. The summed E-state index contributed by atoms with van der Waals surface area (Å²) in [5.74, 6) is 0.305. The van der Waals surface area contributed by atoms with Crippen LogP contribution >= 0.6 is 0 Å². The molecule has 2 rings (SSSR count). The second-order valence-electron chi connectivity index (χ2n) is 6.76. The Kier molecular flexibility index (Phi) is 8.85. The summed E-state index contributed by atoms with van der Waals surface area (Å²) < 4.78 is 0. The Morgan fingerprint density at radius 3 is 2.10 bits per heavy atom. The summed E-state index contributed by atoms with van der Waals surface area (Å²) in [5.41, 5.74) is 2.55. The second-order valence-corrected chi connectivity index (χ2v) is 6.76. The van der Waals surface area contributed by atoms with Crippen molar-refractivity contribution in [3.05, 3.63) is 47.6 Å². The van der Waals surface area contributed by atoms with Gasteiger partial charge >= 0.3 is 17.1 Å². The van der Waals surface area contributed by atoms with E-state index < -0.39 is 0 Å². The van der Waals surface area contributed by atoms with Crippen LogP contribution in [-0.4, -0.2) is 5.78 Å². The van der Waals surface area contributed by atoms with Gasteiger partial charge in [0.15, 0.2) is 0 Å². The summed E-state index contributed by atoms with van der Waals surface area (Å²) in [4.78, 5) is 11.2. The van der Waals surface area contributed by atoms with Gasteiger partial charge in [-0.25, -0.2) is 11.6 Å². The van der Waals surface area contributed by atoms with E-state index in [9.17, 15) is 4.79 Å². The van der Waals surface area contributed by atoms with Gasteiger partial charge < -0.3 is 4.79 Å². The third kappa shape index (κ3) is 8.24. The van der Waals surface area contributed by atoms with E-state index in [1.165, 1.54) is 5.57 Å². The van der Waals surface area contributed by atoms with E-state index in [4.69, 9.17) is 0 Å². The van der Waals surface area contributed by atoms with Crippen LogP contribution in [0.2, 0.25) is 0 Å². The van der Waals surface area contributed by atoms with Crippen LogP contribution in [-0.2, 0) is 21.9 Å². The molecule has 0 aliphatic heterocycles. The van der Waals surface area contributed by atoms with Crippen molar-refractivity contribution >= 4 is 5.78 Å². The first-order valence-electron chi connectivity index (χ1n) is 7.37. The van der Waals surface area contributed by atoms with E-state index in [2.05, 4.69) is 45.1 Å². The number of carbonyl (C=O) groups is 1. The number of ketones is 1. The smallest absolute Gasteiger partial charge is 0.370 e. The van der Waals surface area contributed by atoms with Gasteiger partial charge in [-0.3, -0.25) is 6.08 Å². The van der Waals surface area contributed by atoms with E-state index in [1.807, 2.05) is 26.0 Å². The number of hydrogen-bond donors (Lipinski definition) is 0. The molecule has 21 heavy (non-hydrogen) atoms. The van der Waals surface area contributed by atoms with Crippen LogP contribution in [0.3, 0.4) is 0 Å². The molecule has 0 unspecified atom stereocenters. The SMILES string of the molecule is CC(C)(C)CC1=[C-]CC=C1.CC(C)C(=O)C1=[C-]CC=C1.[Fe+2]. The Morgan fingerprint density at radius 1 is 1.14 bits per heavy atom. The van der Waals surface area contributed by atoms with Crippen molar-refractivity contribution in [2.45, 2.75) is 53.9 Å². The van der Waals surface area contributed by atoms with E-state index in [-0.39, 0.29) is 28.8 Å². The average Bonchev–Trinajstić information content (AvgIpc) is 2.98. The van der Waals surface area contributed by atoms with Crippen LogP contribution in [0, 0.1) is 23.5 Å². The molecular formula is C19H26FeO. The quantitative estimate of drug-likeness (QED) is 0.526. The predicted octanol–water partition coefficient (Wildman–Crippen LogP) is 5.01. The number of carbonyl (C=O) groups excluding carboxylic acids is 1. The van der Waals surface area contributed by atoms with Crippen LogP contribution in [0.5, 0.6) is 0 Å². The molecule has 0 amide bonds. The molecule has 116 valence electrons. The maximum absolute atomic E-state index is 11.2. The Bertz CT molecular complexity index is 456. The molecule has 2 aliphatic rings. The maximum Gasteiger partial charge on any atom is 2.00 e. The Labute approximate surface area is 140 Å². The third-order valence-corrected chi connectivity index (χ3v) is 2.97. The molecule has 0 bridgehead atoms. The summed E-state index contributed by atoms with van der Waals surface area (Å²) in [5, 5.41) is 0. The summed E-state index contributed by atoms with van der Waals surface area (Å²) in [6.07, 6.45) is 17.4. The molecule has 1 nitrogen and oxygen atoms in total. The molecule has 0 aromatic heterocycles. The van der Waals surface area contributed by atoms with Gasteiger partial charge in [0.2, 0.25) is 0 Å². The summed E-state index contributed by atoms with van der Waals surface area (Å²) in [6, 6.07) is 0. The van der Waals surface area contributed by atoms with Gasteiger partial charge in [0.05, 0.1) is 5.78 Å². The molecular weight excluding hydrogens is 300 g/mol. The van der Waals surface area contributed by atoms with Gasteiger partial charge in [-0.15, -0.1) is 12.5 Å². The first-order chi connectivity index (χ1) is 9.29. The van der Waals surface area contributed by atoms with E-state index >= 15 is 0 Å². The average molecular weight is 326 g/mol. The van der Waals surface area contributed by atoms with Crippen LogP contribution < -0.4 is 0 Å². The number of rotatable bonds is 3. The molecule has 0 aromatic rings. The van der Waals surface area contributed by atoms with Gasteiger partial charge in [-0.2, -0.15) is 23.8 Å². The standard InChI is InChI=1S/C10H15.C9H11O.Fe/c1-10(2,3)8-9-6-4-5-7-9;1-7(2)9(10)8-5-3-4-6-8;/h4,6H,5,8H2,1-3H3;3,5,7H,4H2,1-2H3;/q2*-1;+2. The molecule has 2 heteroatoms. The molecule has 0 heterocycles. The minimum Gasteiger partial charge on any atom is -0.370 e. The Hall–Kier alpha value is -0.851. The van der Waals surface area contributed by atoms with Gasteiger partial charge in [-0.1, -0.05) is 47.5 Å². The molecule has 0 radical (unpaired) electrons. The fraction of sp³-hybridized carbons (Fsp3) is 0.526. The number of hydrogen-bond acceptors (Lipinski definition) is 1. The van der Waals surface area contributed by atoms with Gasteiger partial charge in [0.25, 0.3) is 0 Å². The van der Waals surface area contributed by atoms with Crippen molar-refractivity contribution in [1.82, 2.24) is 0 Å². The van der Waals surface area contributed by atoms with E-state index in [1.54, 1.807) is 0 Å². The van der Waals surface area contributed by atoms with Gasteiger partial charge in [0.1, 0.15) is 0 Å². The monoisotopic (exact) mass is 326 g/mol. The molecule has 0 fully saturated rings. The predicted molar refractivity (Wildman–Crippen MR) is 84.9 cm³/mol. The first kappa shape index (κ1) is 20.1. The molecule has 0 aromatic carbocycles. The van der Waals surface area contributed by atoms with Crippen LogP contribution in [0.15, 0.2) is 35.5 Å². The van der Waals surface area contributed by atoms with Crippen molar-refractivity contribution in [2.75, 3.05) is 0 Å². The molecule has 0 atom stereocenters. The first-order valence-corrected chi connectivity index (χ1v) is 7.37. The van der Waals surface area contributed by atoms with Crippen molar-refractivity contribution < 1.29 is 21.9 Å². The fourth-order valence-corrected chi connectivity index (χ4v) is 2.03. The summed E-state index contributed by atoms with van der Waals surface area (Å²) in [7, 11) is 0. The van der Waals surface area contributed by atoms with Gasteiger partial charge in [-0.05, 0) is 11.3 Å². The van der Waals surface area contributed by atoms with Crippen molar-refractivity contribution in [3.63, 3.8) is 0 Å². The van der Waals surface area contributed by atoms with Crippen LogP contribution in [0.4, 0.5) is 0 Å². The maximum atomic E-state index is 11.2. The fourth-order valence-electron chi connectivity index (χ4n) is 2.03. The topological polar surface area (TPSA) is 17.1 Å². The third-order valence-electron chi connectivity index (χ3n) is 2.97. The van der Waals surface area contributed by atoms with Crippen molar-refractivity contribution in [2.24, 2.45) is 11.3 Å². The minimum absolute atomic E-state index is 0. The molecule has 0 saturated heterocycles. The summed E-state index contributed by atoms with van der Waals surface area (Å²) in [6.45, 7) is 10.6. The summed E-state index contributed by atoms with van der Waals surface area (Å²) >= 11 is 0. The van der Waals surface area contributed by atoms with E-state index in [0.717, 1.165) is 24.8 Å². The second kappa shape index (κ2) is 9.22. The normalized spacial score (nSPS) is 16.1. The Morgan fingerprint density at radius 2 is 1.71 bits per heavy atom. The van der Waals surface area contributed by atoms with Crippen LogP contribution in [0.1, 0.15) is 53.9 Å². The molecule has 0 saturated carbocycles. The Balaban J connectivity index is 0.000000364. The minimum atomic E-state index is 0. The van der Waals surface area contributed by atoms with E-state index in [0.29, 0.717) is 5.41 Å². The zero-order valence-electron chi connectivity index (χ0n) is 13.8.